The largest absolute Gasteiger partial charge is 0.482 e. The van der Waals surface area contributed by atoms with Crippen LogP contribution < -0.4 is 10.4 Å². The zero-order valence-corrected chi connectivity index (χ0v) is 14.6. The zero-order chi connectivity index (χ0) is 17.3. The van der Waals surface area contributed by atoms with Gasteiger partial charge in [0.25, 0.3) is 5.91 Å². The summed E-state index contributed by atoms with van der Waals surface area (Å²) in [6.45, 7) is 5.42. The van der Waals surface area contributed by atoms with Gasteiger partial charge in [-0.1, -0.05) is 18.5 Å². The smallest absolute Gasteiger partial charge is 0.336 e. The Kier molecular flexibility index (Phi) is 4.81. The molecule has 0 saturated carbocycles. The second-order valence-electron chi connectivity index (χ2n) is 6.40. The maximum absolute atomic E-state index is 12.3. The molecule has 24 heavy (non-hydrogen) atoms. The molecule has 1 aromatic heterocycles. The number of ether oxygens (including phenoxy) is 1. The number of halogens is 1. The van der Waals surface area contributed by atoms with Crippen molar-refractivity contribution in [2.75, 3.05) is 19.7 Å². The molecule has 128 valence electrons. The number of hydrogen-bond acceptors (Lipinski definition) is 4. The van der Waals surface area contributed by atoms with Crippen molar-refractivity contribution in [3.8, 4) is 5.75 Å². The summed E-state index contributed by atoms with van der Waals surface area (Å²) in [4.78, 5) is 25.6. The number of aryl methyl sites for hydroxylation is 1. The molecule has 1 amide bonds. The van der Waals surface area contributed by atoms with Crippen molar-refractivity contribution >= 4 is 28.5 Å². The molecule has 0 bridgehead atoms. The third kappa shape index (κ3) is 3.56. The summed E-state index contributed by atoms with van der Waals surface area (Å²) >= 11 is 6.24. The van der Waals surface area contributed by atoms with Crippen LogP contribution in [0.15, 0.2) is 27.4 Å². The third-order valence-electron chi connectivity index (χ3n) is 4.36. The molecule has 1 fully saturated rings. The first kappa shape index (κ1) is 16.8. The number of hydrogen-bond donors (Lipinski definition) is 0. The van der Waals surface area contributed by atoms with Crippen molar-refractivity contribution in [2.24, 2.45) is 5.92 Å². The van der Waals surface area contributed by atoms with E-state index in [1.165, 1.54) is 6.07 Å². The summed E-state index contributed by atoms with van der Waals surface area (Å²) in [6, 6.07) is 4.68. The first-order valence-corrected chi connectivity index (χ1v) is 8.46. The summed E-state index contributed by atoms with van der Waals surface area (Å²) < 4.78 is 10.8. The van der Waals surface area contributed by atoms with Gasteiger partial charge in [-0.15, -0.1) is 0 Å². The van der Waals surface area contributed by atoms with Crippen LogP contribution in [0.4, 0.5) is 0 Å². The van der Waals surface area contributed by atoms with Gasteiger partial charge in [0.05, 0.1) is 5.02 Å². The lowest BCUT2D eigenvalue weighted by atomic mass is 10.0. The normalized spacial score (nSPS) is 18.0. The lowest BCUT2D eigenvalue weighted by Gasteiger charge is -2.30. The molecule has 2 aromatic rings. The predicted octanol–water partition coefficient (Wildman–Crippen LogP) is 3.39. The number of carbonyl (C=O) groups is 1. The van der Waals surface area contributed by atoms with Crippen molar-refractivity contribution in [2.45, 2.75) is 26.7 Å². The molecule has 1 aliphatic heterocycles. The summed E-state index contributed by atoms with van der Waals surface area (Å²) in [5, 5.41) is 1.14. The number of rotatable bonds is 3. The lowest BCUT2D eigenvalue weighted by Crippen LogP contribution is -2.41. The standard InChI is InChI=1S/C18H20ClNO4/c1-11-4-3-5-20(9-11)17(21)10-23-16-8-15-13(7-14(16)19)12(2)6-18(22)24-15/h6-8,11H,3-5,9-10H2,1-2H3. The van der Waals surface area contributed by atoms with Crippen LogP contribution in [0.1, 0.15) is 25.3 Å². The van der Waals surface area contributed by atoms with Crippen LogP contribution in [0, 0.1) is 12.8 Å². The van der Waals surface area contributed by atoms with E-state index < -0.39 is 5.63 Å². The molecule has 0 aliphatic carbocycles. The van der Waals surface area contributed by atoms with Crippen LogP contribution in [0.3, 0.4) is 0 Å². The van der Waals surface area contributed by atoms with Gasteiger partial charge in [-0.25, -0.2) is 4.79 Å². The molecule has 2 heterocycles. The predicted molar refractivity (Wildman–Crippen MR) is 92.7 cm³/mol. The molecule has 5 nitrogen and oxygen atoms in total. The van der Waals surface area contributed by atoms with Crippen LogP contribution in [-0.4, -0.2) is 30.5 Å². The first-order chi connectivity index (χ1) is 11.4. The van der Waals surface area contributed by atoms with Crippen molar-refractivity contribution in [1.82, 2.24) is 4.90 Å². The Bertz CT molecular complexity index is 830. The van der Waals surface area contributed by atoms with Gasteiger partial charge in [-0.05, 0) is 37.3 Å². The van der Waals surface area contributed by atoms with E-state index in [2.05, 4.69) is 6.92 Å². The molecule has 3 rings (SSSR count). The SMILES string of the molecule is Cc1cc(=O)oc2cc(OCC(=O)N3CCCC(C)C3)c(Cl)cc12. The minimum absolute atomic E-state index is 0.0524. The van der Waals surface area contributed by atoms with E-state index in [1.54, 1.807) is 12.1 Å². The summed E-state index contributed by atoms with van der Waals surface area (Å²) in [5.74, 6) is 0.809. The molecule has 0 radical (unpaired) electrons. The molecule has 1 unspecified atom stereocenters. The first-order valence-electron chi connectivity index (χ1n) is 8.08. The van der Waals surface area contributed by atoms with E-state index >= 15 is 0 Å². The van der Waals surface area contributed by atoms with Gasteiger partial charge in [0.1, 0.15) is 11.3 Å². The highest BCUT2D eigenvalue weighted by Gasteiger charge is 2.21. The highest BCUT2D eigenvalue weighted by atomic mass is 35.5. The summed E-state index contributed by atoms with van der Waals surface area (Å²) in [5.41, 5.74) is 0.762. The van der Waals surface area contributed by atoms with Crippen molar-refractivity contribution in [1.29, 1.82) is 0 Å². The maximum atomic E-state index is 12.3. The fourth-order valence-corrected chi connectivity index (χ4v) is 3.30. The topological polar surface area (TPSA) is 59.8 Å². The molecular formula is C18H20ClNO4. The number of carbonyl (C=O) groups excluding carboxylic acids is 1. The average Bonchev–Trinajstić information content (AvgIpc) is 2.53. The van der Waals surface area contributed by atoms with Gasteiger partial charge in [0, 0.05) is 30.6 Å². The molecule has 0 spiro atoms. The Morgan fingerprint density at radius 2 is 2.21 bits per heavy atom. The van der Waals surface area contributed by atoms with E-state index in [0.717, 1.165) is 36.9 Å². The Morgan fingerprint density at radius 1 is 1.42 bits per heavy atom. The number of benzene rings is 1. The maximum Gasteiger partial charge on any atom is 0.336 e. The van der Waals surface area contributed by atoms with Gasteiger partial charge in [-0.2, -0.15) is 0 Å². The Balaban J connectivity index is 1.76. The molecular weight excluding hydrogens is 330 g/mol. The number of fused-ring (bicyclic) bond motifs is 1. The lowest BCUT2D eigenvalue weighted by molar-refractivity contribution is -0.135. The number of amides is 1. The van der Waals surface area contributed by atoms with Crippen LogP contribution in [0.2, 0.25) is 5.02 Å². The van der Waals surface area contributed by atoms with Crippen molar-refractivity contribution in [3.05, 3.63) is 39.2 Å². The minimum Gasteiger partial charge on any atom is -0.482 e. The Hall–Kier alpha value is -2.01. The van der Waals surface area contributed by atoms with Gasteiger partial charge >= 0.3 is 5.63 Å². The summed E-state index contributed by atoms with van der Waals surface area (Å²) in [7, 11) is 0. The monoisotopic (exact) mass is 349 g/mol. The number of likely N-dealkylation sites (tertiary alicyclic amines) is 1. The number of nitrogens with zero attached hydrogens (tertiary/aromatic N) is 1. The Morgan fingerprint density at radius 3 is 2.96 bits per heavy atom. The molecule has 1 aromatic carbocycles. The highest BCUT2D eigenvalue weighted by molar-refractivity contribution is 6.32. The van der Waals surface area contributed by atoms with Crippen LogP contribution in [-0.2, 0) is 4.79 Å². The molecule has 6 heteroatoms. The van der Waals surface area contributed by atoms with E-state index in [4.69, 9.17) is 20.8 Å². The minimum atomic E-state index is -0.424. The molecule has 1 aliphatic rings. The van der Waals surface area contributed by atoms with Gasteiger partial charge in [0.2, 0.25) is 0 Å². The van der Waals surface area contributed by atoms with E-state index in [0.29, 0.717) is 22.3 Å². The summed E-state index contributed by atoms with van der Waals surface area (Å²) in [6.07, 6.45) is 2.17. The quantitative estimate of drug-likeness (QED) is 0.797. The van der Waals surface area contributed by atoms with E-state index in [-0.39, 0.29) is 12.5 Å². The second kappa shape index (κ2) is 6.85. The highest BCUT2D eigenvalue weighted by Crippen LogP contribution is 2.31. The van der Waals surface area contributed by atoms with Crippen LogP contribution in [0.25, 0.3) is 11.0 Å². The zero-order valence-electron chi connectivity index (χ0n) is 13.8. The molecule has 0 N–H and O–H groups in total. The van der Waals surface area contributed by atoms with Crippen molar-refractivity contribution < 1.29 is 13.9 Å². The van der Waals surface area contributed by atoms with Crippen LogP contribution in [0.5, 0.6) is 5.75 Å². The van der Waals surface area contributed by atoms with E-state index in [9.17, 15) is 9.59 Å². The second-order valence-corrected chi connectivity index (χ2v) is 6.81. The van der Waals surface area contributed by atoms with Gasteiger partial charge < -0.3 is 14.1 Å². The molecule has 1 atom stereocenters. The fraction of sp³-hybridized carbons (Fsp3) is 0.444. The van der Waals surface area contributed by atoms with Crippen molar-refractivity contribution in [3.63, 3.8) is 0 Å². The Labute approximate surface area is 145 Å². The average molecular weight is 350 g/mol. The third-order valence-corrected chi connectivity index (χ3v) is 4.66. The fourth-order valence-electron chi connectivity index (χ4n) is 3.08. The van der Waals surface area contributed by atoms with Crippen LogP contribution >= 0.6 is 11.6 Å². The molecule has 1 saturated heterocycles. The van der Waals surface area contributed by atoms with Gasteiger partial charge in [-0.3, -0.25) is 4.79 Å². The van der Waals surface area contributed by atoms with Gasteiger partial charge in [0.15, 0.2) is 6.61 Å². The number of piperidine rings is 1. The van der Waals surface area contributed by atoms with E-state index in [1.807, 2.05) is 11.8 Å².